The topological polar surface area (TPSA) is 52.6 Å². The van der Waals surface area contributed by atoms with Gasteiger partial charge >= 0.3 is 5.97 Å². The lowest BCUT2D eigenvalue weighted by Gasteiger charge is -2.28. The monoisotopic (exact) mass is 280 g/mol. The summed E-state index contributed by atoms with van der Waals surface area (Å²) in [5, 5.41) is 0. The molecule has 20 heavy (non-hydrogen) atoms. The summed E-state index contributed by atoms with van der Waals surface area (Å²) >= 11 is 0. The number of carbonyl (C=O) groups excluding carboxylic acids is 2. The van der Waals surface area contributed by atoms with Crippen molar-refractivity contribution in [2.75, 3.05) is 7.11 Å². The second kappa shape index (κ2) is 7.27. The van der Waals surface area contributed by atoms with Gasteiger partial charge in [-0.1, -0.05) is 20.8 Å². The summed E-state index contributed by atoms with van der Waals surface area (Å²) in [5.41, 5.74) is 0.519. The second-order valence-electron chi connectivity index (χ2n) is 5.08. The molecule has 1 aliphatic rings. The van der Waals surface area contributed by atoms with Crippen LogP contribution in [0.5, 0.6) is 0 Å². The zero-order valence-corrected chi connectivity index (χ0v) is 12.8. The maximum atomic E-state index is 11.4. The number of aldehydes is 1. The average Bonchev–Trinajstić information content (AvgIpc) is 2.83. The van der Waals surface area contributed by atoms with Crippen molar-refractivity contribution in [3.8, 4) is 0 Å². The standard InChI is InChI=1S/C16H24O4/c1-5-12(11-17)9-16(7-3)10-13(6-2)14(20-16)8-15(18)19-4/h8,10-12H,5-7,9H2,1-4H3/b14-8-/t12-,16+/m0/s1. The van der Waals surface area contributed by atoms with E-state index in [2.05, 4.69) is 10.8 Å². The van der Waals surface area contributed by atoms with Gasteiger partial charge in [-0.25, -0.2) is 4.79 Å². The van der Waals surface area contributed by atoms with Crippen molar-refractivity contribution >= 4 is 12.3 Å². The molecule has 0 aliphatic carbocycles. The molecular weight excluding hydrogens is 256 g/mol. The van der Waals surface area contributed by atoms with Crippen molar-refractivity contribution < 1.29 is 19.1 Å². The van der Waals surface area contributed by atoms with Gasteiger partial charge in [0, 0.05) is 12.3 Å². The van der Waals surface area contributed by atoms with Crippen molar-refractivity contribution in [2.24, 2.45) is 5.92 Å². The first-order valence-corrected chi connectivity index (χ1v) is 7.20. The molecule has 0 bridgehead atoms. The molecule has 0 saturated heterocycles. The Labute approximate surface area is 120 Å². The molecule has 0 unspecified atom stereocenters. The predicted octanol–water partition coefficient (Wildman–Crippen LogP) is 3.17. The third-order valence-corrected chi connectivity index (χ3v) is 3.82. The van der Waals surface area contributed by atoms with Gasteiger partial charge in [0.25, 0.3) is 0 Å². The Morgan fingerprint density at radius 3 is 2.60 bits per heavy atom. The van der Waals surface area contributed by atoms with Crippen molar-refractivity contribution in [1.29, 1.82) is 0 Å². The summed E-state index contributed by atoms with van der Waals surface area (Å²) < 4.78 is 10.7. The highest BCUT2D eigenvalue weighted by Crippen LogP contribution is 2.40. The molecule has 0 N–H and O–H groups in total. The molecule has 1 aliphatic heterocycles. The number of rotatable bonds is 7. The molecule has 0 fully saturated rings. The van der Waals surface area contributed by atoms with Crippen LogP contribution in [0.2, 0.25) is 0 Å². The van der Waals surface area contributed by atoms with Crippen LogP contribution in [0.1, 0.15) is 46.5 Å². The molecule has 1 heterocycles. The smallest absolute Gasteiger partial charge is 0.334 e. The highest BCUT2D eigenvalue weighted by Gasteiger charge is 2.37. The number of hydrogen-bond acceptors (Lipinski definition) is 4. The number of allylic oxidation sites excluding steroid dienone is 1. The molecule has 0 aromatic heterocycles. The summed E-state index contributed by atoms with van der Waals surface area (Å²) in [6.45, 7) is 6.04. The van der Waals surface area contributed by atoms with Crippen LogP contribution in [0.15, 0.2) is 23.5 Å². The SMILES string of the molecule is CCC1=C[C@@](CC)(C[C@@H](C=O)CC)O/C1=C\C(=O)OC. The molecule has 1 rings (SSSR count). The Kier molecular flexibility index (Phi) is 5.99. The third-order valence-electron chi connectivity index (χ3n) is 3.82. The van der Waals surface area contributed by atoms with Gasteiger partial charge in [-0.3, -0.25) is 0 Å². The molecule has 2 atom stereocenters. The molecule has 0 spiro atoms. The molecule has 0 aromatic rings. The first-order valence-electron chi connectivity index (χ1n) is 7.20. The van der Waals surface area contributed by atoms with E-state index >= 15 is 0 Å². The van der Waals surface area contributed by atoms with Crippen LogP contribution in [0, 0.1) is 5.92 Å². The van der Waals surface area contributed by atoms with Crippen LogP contribution < -0.4 is 0 Å². The summed E-state index contributed by atoms with van der Waals surface area (Å²) in [6.07, 6.45) is 7.41. The van der Waals surface area contributed by atoms with Gasteiger partial charge in [-0.15, -0.1) is 0 Å². The van der Waals surface area contributed by atoms with Gasteiger partial charge in [-0.2, -0.15) is 0 Å². The average molecular weight is 280 g/mol. The lowest BCUT2D eigenvalue weighted by molar-refractivity contribution is -0.135. The lowest BCUT2D eigenvalue weighted by atomic mass is 9.87. The highest BCUT2D eigenvalue weighted by molar-refractivity contribution is 5.83. The van der Waals surface area contributed by atoms with Gasteiger partial charge in [0.05, 0.1) is 13.2 Å². The summed E-state index contributed by atoms with van der Waals surface area (Å²) in [5.74, 6) is 0.123. The zero-order valence-electron chi connectivity index (χ0n) is 12.8. The fraction of sp³-hybridized carbons (Fsp3) is 0.625. The van der Waals surface area contributed by atoms with E-state index in [1.54, 1.807) is 0 Å². The molecule has 0 radical (unpaired) electrons. The Bertz CT molecular complexity index is 422. The van der Waals surface area contributed by atoms with Gasteiger partial charge in [0.2, 0.25) is 0 Å². The zero-order chi connectivity index (χ0) is 15.2. The predicted molar refractivity (Wildman–Crippen MR) is 77.0 cm³/mol. The van der Waals surface area contributed by atoms with Crippen molar-refractivity contribution in [3.63, 3.8) is 0 Å². The highest BCUT2D eigenvalue weighted by atomic mass is 16.5. The normalized spacial score (nSPS) is 25.0. The molecule has 0 amide bonds. The molecular formula is C16H24O4. The Hall–Kier alpha value is -1.58. The Morgan fingerprint density at radius 2 is 2.15 bits per heavy atom. The van der Waals surface area contributed by atoms with E-state index in [1.165, 1.54) is 13.2 Å². The van der Waals surface area contributed by atoms with Crippen LogP contribution in [-0.2, 0) is 19.1 Å². The minimum atomic E-state index is -0.479. The van der Waals surface area contributed by atoms with Crippen LogP contribution in [-0.4, -0.2) is 25.0 Å². The van der Waals surface area contributed by atoms with Gasteiger partial charge in [0.15, 0.2) is 0 Å². The molecule has 0 saturated carbocycles. The van der Waals surface area contributed by atoms with E-state index in [0.29, 0.717) is 12.2 Å². The van der Waals surface area contributed by atoms with E-state index in [-0.39, 0.29) is 5.92 Å². The number of methoxy groups -OCH3 is 1. The van der Waals surface area contributed by atoms with Gasteiger partial charge < -0.3 is 14.3 Å². The molecule has 112 valence electrons. The number of ether oxygens (including phenoxy) is 2. The van der Waals surface area contributed by atoms with E-state index in [1.807, 2.05) is 20.8 Å². The largest absolute Gasteiger partial charge is 0.483 e. The van der Waals surface area contributed by atoms with Gasteiger partial charge in [-0.05, 0) is 30.9 Å². The van der Waals surface area contributed by atoms with Gasteiger partial charge in [0.1, 0.15) is 17.6 Å². The van der Waals surface area contributed by atoms with Crippen LogP contribution in [0.3, 0.4) is 0 Å². The minimum absolute atomic E-state index is 0.0261. The number of hydrogen-bond donors (Lipinski definition) is 0. The maximum Gasteiger partial charge on any atom is 0.334 e. The van der Waals surface area contributed by atoms with Crippen LogP contribution in [0.25, 0.3) is 0 Å². The van der Waals surface area contributed by atoms with Crippen molar-refractivity contribution in [3.05, 3.63) is 23.5 Å². The summed E-state index contributed by atoms with van der Waals surface area (Å²) in [4.78, 5) is 22.5. The second-order valence-corrected chi connectivity index (χ2v) is 5.08. The fourth-order valence-corrected chi connectivity index (χ4v) is 2.42. The quantitative estimate of drug-likeness (QED) is 0.408. The van der Waals surface area contributed by atoms with Crippen molar-refractivity contribution in [1.82, 2.24) is 0 Å². The number of esters is 1. The summed E-state index contributed by atoms with van der Waals surface area (Å²) in [7, 11) is 1.34. The molecule has 4 nitrogen and oxygen atoms in total. The molecule has 4 heteroatoms. The first kappa shape index (κ1) is 16.5. The lowest BCUT2D eigenvalue weighted by Crippen LogP contribution is -2.29. The van der Waals surface area contributed by atoms with Crippen LogP contribution >= 0.6 is 0 Å². The molecule has 0 aromatic carbocycles. The van der Waals surface area contributed by atoms with E-state index in [0.717, 1.165) is 31.1 Å². The minimum Gasteiger partial charge on any atom is -0.483 e. The maximum absolute atomic E-state index is 11.4. The third kappa shape index (κ3) is 3.71. The van der Waals surface area contributed by atoms with E-state index in [9.17, 15) is 9.59 Å². The Morgan fingerprint density at radius 1 is 1.45 bits per heavy atom. The van der Waals surface area contributed by atoms with E-state index in [4.69, 9.17) is 4.74 Å². The van der Waals surface area contributed by atoms with Crippen LogP contribution in [0.4, 0.5) is 0 Å². The first-order chi connectivity index (χ1) is 9.53. The van der Waals surface area contributed by atoms with Crippen molar-refractivity contribution in [2.45, 2.75) is 52.1 Å². The number of carbonyl (C=O) groups is 2. The Balaban J connectivity index is 3.01. The summed E-state index contributed by atoms with van der Waals surface area (Å²) in [6, 6.07) is 0. The fourth-order valence-electron chi connectivity index (χ4n) is 2.42. The van der Waals surface area contributed by atoms with E-state index < -0.39 is 11.6 Å².